The second-order valence-electron chi connectivity index (χ2n) is 15.9. The lowest BCUT2D eigenvalue weighted by atomic mass is 9.93. The van der Waals surface area contributed by atoms with Crippen molar-refractivity contribution in [3.63, 3.8) is 0 Å². The summed E-state index contributed by atoms with van der Waals surface area (Å²) in [6, 6.07) is 5.25. The lowest BCUT2D eigenvalue weighted by molar-refractivity contribution is -0.142. The number of sulfonamides is 1. The molecule has 1 unspecified atom stereocenters. The molecule has 306 valence electrons. The molecule has 16 nitrogen and oxygen atoms in total. The first kappa shape index (κ1) is 39.3. The van der Waals surface area contributed by atoms with Crippen molar-refractivity contribution in [2.75, 3.05) is 40.0 Å². The summed E-state index contributed by atoms with van der Waals surface area (Å²) in [4.78, 5) is 77.9. The molecule has 57 heavy (non-hydrogen) atoms. The molecule has 2 aromatic rings. The van der Waals surface area contributed by atoms with E-state index in [0.29, 0.717) is 56.6 Å². The smallest absolute Gasteiger partial charge is 0.408 e. The number of benzene rings is 1. The van der Waals surface area contributed by atoms with Crippen LogP contribution in [0.3, 0.4) is 0 Å². The molecule has 4 aliphatic heterocycles. The molecule has 2 saturated carbocycles. The van der Waals surface area contributed by atoms with Gasteiger partial charge in [-0.3, -0.25) is 23.9 Å². The maximum Gasteiger partial charge on any atom is 0.408 e. The maximum absolute atomic E-state index is 14.7. The molecule has 7 atom stereocenters. The number of aromatic nitrogens is 1. The molecule has 3 N–H and O–H groups in total. The molecule has 8 rings (SSSR count). The maximum atomic E-state index is 14.7. The molecule has 3 saturated heterocycles. The molecule has 1 aromatic carbocycles. The normalized spacial score (nSPS) is 30.8. The molecular formula is C39H48N6O10S2. The summed E-state index contributed by atoms with van der Waals surface area (Å²) in [6.07, 6.45) is 7.48. The number of carbonyl (C=O) groups excluding carboxylic acids is 5. The lowest BCUT2D eigenvalue weighted by Crippen LogP contribution is -2.60. The van der Waals surface area contributed by atoms with Gasteiger partial charge < -0.3 is 34.6 Å². The summed E-state index contributed by atoms with van der Waals surface area (Å²) in [5.41, 5.74) is -0.0631. The number of carbonyl (C=O) groups is 5. The van der Waals surface area contributed by atoms with Crippen molar-refractivity contribution in [1.82, 2.24) is 30.1 Å². The molecule has 6 aliphatic rings. The molecule has 2 aliphatic carbocycles. The number of nitrogens with zero attached hydrogens (tertiary/aromatic N) is 3. The molecular weight excluding hydrogens is 777 g/mol. The van der Waals surface area contributed by atoms with Crippen molar-refractivity contribution < 1.29 is 46.6 Å². The summed E-state index contributed by atoms with van der Waals surface area (Å²) < 4.78 is 44.2. The summed E-state index contributed by atoms with van der Waals surface area (Å²) in [5.74, 6) is -2.73. The second-order valence-corrected chi connectivity index (χ2v) is 18.8. The van der Waals surface area contributed by atoms with Crippen LogP contribution < -0.4 is 20.1 Å². The van der Waals surface area contributed by atoms with Crippen molar-refractivity contribution in [3.8, 4) is 17.0 Å². The highest BCUT2D eigenvalue weighted by Gasteiger charge is 2.63. The van der Waals surface area contributed by atoms with E-state index in [1.165, 1.54) is 16.2 Å². The topological polar surface area (TPSA) is 203 Å². The number of hydrogen-bond donors (Lipinski definition) is 3. The molecule has 0 radical (unpaired) electrons. The van der Waals surface area contributed by atoms with E-state index in [1.807, 2.05) is 41.8 Å². The molecule has 18 heteroatoms. The quantitative estimate of drug-likeness (QED) is 0.331. The number of allylic oxidation sites excluding steroid dienone is 1. The van der Waals surface area contributed by atoms with Crippen LogP contribution in [0.2, 0.25) is 0 Å². The van der Waals surface area contributed by atoms with Gasteiger partial charge in [0.05, 0.1) is 31.3 Å². The predicted octanol–water partition coefficient (Wildman–Crippen LogP) is 2.61. The van der Waals surface area contributed by atoms with Crippen molar-refractivity contribution in [3.05, 3.63) is 46.8 Å². The first-order valence-electron chi connectivity index (χ1n) is 19.7. The van der Waals surface area contributed by atoms with E-state index in [4.69, 9.17) is 14.2 Å². The van der Waals surface area contributed by atoms with Crippen molar-refractivity contribution in [2.45, 2.75) is 86.8 Å². The fourth-order valence-electron chi connectivity index (χ4n) is 8.57. The predicted molar refractivity (Wildman–Crippen MR) is 206 cm³/mol. The molecule has 5 amide bonds. The SMILES string of the molecule is COc1ccc(-c2csc(C(=O)N3C[C@H]4CN5C(=O)[C@@H](NC(=O)OC6CCOC6)CCCCC/C=C\[C@H]6C[C@@]6(C(=O)NS(=O)(=O)C6CC6)NC(=O)[C@@H]5[C@H]4C3)n2)cc1. The standard InChI is InChI=1S/C39H48N6O10S2/c1-53-26-11-9-23(10-12-26)31-22-56-34(40-31)36(48)44-18-24-19-45-32(29(24)20-44)33(46)42-39(37(49)43-57(51,52)28-13-14-28)17-25(39)7-5-3-2-4-6-8-30(35(45)47)41-38(50)55-27-15-16-54-21-27/h5,7,9-12,22,24-25,27-30,32H,2-4,6,8,13-21H2,1H3,(H,41,50)(H,42,46)(H,43,49)/b7-5-/t24-,25-,27?,29-,30-,32-,39+/m0/s1. The molecule has 0 spiro atoms. The zero-order valence-corrected chi connectivity index (χ0v) is 33.4. The Labute approximate surface area is 335 Å². The van der Waals surface area contributed by atoms with Crippen molar-refractivity contribution >= 4 is 51.1 Å². The fraction of sp³-hybridized carbons (Fsp3) is 0.590. The molecule has 1 aromatic heterocycles. The van der Waals surface area contributed by atoms with Gasteiger partial charge in [0.2, 0.25) is 21.8 Å². The zero-order valence-electron chi connectivity index (χ0n) is 31.7. The minimum absolute atomic E-state index is 0.128. The van der Waals surface area contributed by atoms with E-state index in [9.17, 15) is 32.4 Å². The van der Waals surface area contributed by atoms with Crippen LogP contribution in [0.4, 0.5) is 4.79 Å². The molecule has 5 heterocycles. The Bertz CT molecular complexity index is 2030. The van der Waals surface area contributed by atoms with Crippen LogP contribution in [-0.2, 0) is 33.9 Å². The van der Waals surface area contributed by atoms with Gasteiger partial charge in [0.1, 0.15) is 29.5 Å². The monoisotopic (exact) mass is 824 g/mol. The number of methoxy groups -OCH3 is 1. The highest BCUT2D eigenvalue weighted by atomic mass is 32.2. The average molecular weight is 825 g/mol. The summed E-state index contributed by atoms with van der Waals surface area (Å²) >= 11 is 1.22. The first-order chi connectivity index (χ1) is 27.5. The number of ether oxygens (including phenoxy) is 3. The van der Waals surface area contributed by atoms with Crippen LogP contribution >= 0.6 is 11.3 Å². The van der Waals surface area contributed by atoms with E-state index < -0.39 is 74.7 Å². The van der Waals surface area contributed by atoms with Gasteiger partial charge in [-0.25, -0.2) is 18.2 Å². The third-order valence-corrected chi connectivity index (χ3v) is 14.7. The van der Waals surface area contributed by atoms with Crippen LogP contribution in [0, 0.1) is 17.8 Å². The fourth-order valence-corrected chi connectivity index (χ4v) is 10.7. The zero-order chi connectivity index (χ0) is 39.9. The largest absolute Gasteiger partial charge is 0.497 e. The number of alkyl carbamates (subject to hydrolysis) is 1. The van der Waals surface area contributed by atoms with Crippen LogP contribution in [-0.4, -0.2) is 122 Å². The number of hydrogen-bond acceptors (Lipinski definition) is 12. The molecule has 5 fully saturated rings. The van der Waals surface area contributed by atoms with Gasteiger partial charge in [0.25, 0.3) is 11.8 Å². The number of likely N-dealkylation sites (tertiary alicyclic amines) is 1. The van der Waals surface area contributed by atoms with Crippen LogP contribution in [0.1, 0.15) is 67.6 Å². The Morgan fingerprint density at radius 2 is 1.84 bits per heavy atom. The van der Waals surface area contributed by atoms with E-state index in [-0.39, 0.29) is 49.5 Å². The van der Waals surface area contributed by atoms with Gasteiger partial charge in [-0.15, -0.1) is 11.3 Å². The number of thiazole rings is 1. The number of fused-ring (bicyclic) bond motifs is 4. The Morgan fingerprint density at radius 3 is 2.58 bits per heavy atom. The average Bonchev–Trinajstić information content (AvgIpc) is 3.86. The Balaban J connectivity index is 1.06. The third-order valence-electron chi connectivity index (χ3n) is 12.0. The Kier molecular flexibility index (Phi) is 11.0. The van der Waals surface area contributed by atoms with Crippen molar-refractivity contribution in [1.29, 1.82) is 0 Å². The highest BCUT2D eigenvalue weighted by molar-refractivity contribution is 7.91. The van der Waals surface area contributed by atoms with E-state index in [0.717, 1.165) is 18.4 Å². The van der Waals surface area contributed by atoms with Gasteiger partial charge in [-0.05, 0) is 62.8 Å². The number of amides is 5. The van der Waals surface area contributed by atoms with Gasteiger partial charge in [-0.1, -0.05) is 25.0 Å². The third kappa shape index (κ3) is 8.26. The summed E-state index contributed by atoms with van der Waals surface area (Å²) in [7, 11) is -2.33. The number of rotatable bonds is 8. The Hall–Kier alpha value is -4.55. The minimum Gasteiger partial charge on any atom is -0.497 e. The van der Waals surface area contributed by atoms with Crippen LogP contribution in [0.25, 0.3) is 11.3 Å². The second kappa shape index (κ2) is 16.0. The van der Waals surface area contributed by atoms with Gasteiger partial charge in [0, 0.05) is 54.8 Å². The van der Waals surface area contributed by atoms with E-state index in [2.05, 4.69) is 20.3 Å². The first-order valence-corrected chi connectivity index (χ1v) is 22.2. The lowest BCUT2D eigenvalue weighted by Gasteiger charge is -2.32. The van der Waals surface area contributed by atoms with E-state index in [1.54, 1.807) is 12.0 Å². The van der Waals surface area contributed by atoms with Crippen molar-refractivity contribution in [2.24, 2.45) is 17.8 Å². The van der Waals surface area contributed by atoms with Gasteiger partial charge in [0.15, 0.2) is 5.01 Å². The van der Waals surface area contributed by atoms with Gasteiger partial charge >= 0.3 is 6.09 Å². The molecule has 0 bridgehead atoms. The number of nitrogens with one attached hydrogen (secondary N) is 3. The summed E-state index contributed by atoms with van der Waals surface area (Å²) in [5, 5.41) is 7.15. The van der Waals surface area contributed by atoms with E-state index >= 15 is 0 Å². The van der Waals surface area contributed by atoms with Crippen LogP contribution in [0.15, 0.2) is 41.8 Å². The minimum atomic E-state index is -3.92. The summed E-state index contributed by atoms with van der Waals surface area (Å²) in [6.45, 7) is 1.27. The van der Waals surface area contributed by atoms with Crippen LogP contribution in [0.5, 0.6) is 5.75 Å². The highest BCUT2D eigenvalue weighted by Crippen LogP contribution is 2.47. The Morgan fingerprint density at radius 1 is 1.04 bits per heavy atom. The van der Waals surface area contributed by atoms with Gasteiger partial charge in [-0.2, -0.15) is 0 Å².